The molecule has 5 nitrogen and oxygen atoms in total. The summed E-state index contributed by atoms with van der Waals surface area (Å²) in [7, 11) is 0. The summed E-state index contributed by atoms with van der Waals surface area (Å²) in [6.45, 7) is 0. The molecule has 0 unspecified atom stereocenters. The number of anilines is 2. The molecule has 7 rings (SSSR count). The molecule has 4 fully saturated rings. The van der Waals surface area contributed by atoms with E-state index >= 15 is 0 Å². The van der Waals surface area contributed by atoms with E-state index < -0.39 is 0 Å². The van der Waals surface area contributed by atoms with Crippen LogP contribution in [0.5, 0.6) is 0 Å². The predicted molar refractivity (Wildman–Crippen MR) is 118 cm³/mol. The second-order valence-corrected chi connectivity index (χ2v) is 10.0. The van der Waals surface area contributed by atoms with Gasteiger partial charge in [-0.25, -0.2) is 4.90 Å². The van der Waals surface area contributed by atoms with Gasteiger partial charge in [0.05, 0.1) is 21.8 Å². The van der Waals surface area contributed by atoms with E-state index in [1.54, 1.807) is 42.5 Å². The molecule has 4 aliphatic carbocycles. The van der Waals surface area contributed by atoms with E-state index in [9.17, 15) is 14.4 Å². The van der Waals surface area contributed by atoms with Crippen molar-refractivity contribution < 1.29 is 14.4 Å². The Morgan fingerprint density at radius 2 is 1.45 bits per heavy atom. The third kappa shape index (κ3) is 2.93. The second-order valence-electron chi connectivity index (χ2n) is 9.60. The Morgan fingerprint density at radius 3 is 2.00 bits per heavy atom. The fourth-order valence-electron chi connectivity index (χ4n) is 6.75. The van der Waals surface area contributed by atoms with Crippen LogP contribution >= 0.6 is 11.6 Å². The normalized spacial score (nSPS) is 30.6. The highest BCUT2D eigenvalue weighted by Crippen LogP contribution is 2.56. The predicted octanol–water partition coefficient (Wildman–Crippen LogP) is 5.15. The van der Waals surface area contributed by atoms with E-state index in [1.165, 1.54) is 32.1 Å². The highest BCUT2D eigenvalue weighted by Gasteiger charge is 2.50. The van der Waals surface area contributed by atoms with Crippen LogP contribution in [-0.4, -0.2) is 17.7 Å². The minimum absolute atomic E-state index is 0.0818. The lowest BCUT2D eigenvalue weighted by Gasteiger charge is -2.53. The van der Waals surface area contributed by atoms with Gasteiger partial charge in [0, 0.05) is 11.6 Å². The number of amides is 3. The standard InChI is InChI=1S/C25H23ClN2O3/c26-20-12-17(27-23(29)22-15-8-13-7-14(10-15)11-16(22)9-13)5-6-21(20)28-24(30)18-3-1-2-4-19(18)25(28)31/h1-6,12-16,22H,7-11H2,(H,27,29). The van der Waals surface area contributed by atoms with Crippen molar-refractivity contribution >= 4 is 40.7 Å². The summed E-state index contributed by atoms with van der Waals surface area (Å²) in [5.41, 5.74) is 1.69. The summed E-state index contributed by atoms with van der Waals surface area (Å²) >= 11 is 6.48. The Bertz CT molecular complexity index is 1060. The van der Waals surface area contributed by atoms with E-state index in [0.29, 0.717) is 34.3 Å². The van der Waals surface area contributed by atoms with Crippen molar-refractivity contribution in [3.8, 4) is 0 Å². The first-order chi connectivity index (χ1) is 15.0. The summed E-state index contributed by atoms with van der Waals surface area (Å²) in [6, 6.07) is 11.7. The van der Waals surface area contributed by atoms with Crippen molar-refractivity contribution in [3.63, 3.8) is 0 Å². The molecule has 1 aliphatic heterocycles. The fourth-order valence-corrected chi connectivity index (χ4v) is 7.02. The van der Waals surface area contributed by atoms with Crippen molar-refractivity contribution in [1.82, 2.24) is 0 Å². The maximum atomic E-state index is 13.1. The first kappa shape index (κ1) is 19.1. The van der Waals surface area contributed by atoms with Gasteiger partial charge in [-0.05, 0) is 86.1 Å². The summed E-state index contributed by atoms with van der Waals surface area (Å²) < 4.78 is 0. The Hall–Kier alpha value is -2.66. The van der Waals surface area contributed by atoms with Crippen LogP contribution in [0.2, 0.25) is 5.02 Å². The number of nitrogens with one attached hydrogen (secondary N) is 1. The van der Waals surface area contributed by atoms with Gasteiger partial charge in [-0.2, -0.15) is 0 Å². The molecular formula is C25H23ClN2O3. The van der Waals surface area contributed by atoms with Gasteiger partial charge in [-0.15, -0.1) is 0 Å². The van der Waals surface area contributed by atoms with Crippen LogP contribution in [-0.2, 0) is 4.79 Å². The van der Waals surface area contributed by atoms with Crippen molar-refractivity contribution in [2.75, 3.05) is 10.2 Å². The van der Waals surface area contributed by atoms with Gasteiger partial charge in [0.1, 0.15) is 0 Å². The molecule has 6 heteroatoms. The zero-order valence-corrected chi connectivity index (χ0v) is 17.8. The molecule has 2 aromatic rings. The van der Waals surface area contributed by atoms with Gasteiger partial charge in [-0.1, -0.05) is 23.7 Å². The molecule has 1 heterocycles. The maximum absolute atomic E-state index is 13.1. The van der Waals surface area contributed by atoms with Crippen LogP contribution in [0, 0.1) is 29.6 Å². The van der Waals surface area contributed by atoms with Crippen LogP contribution in [0.25, 0.3) is 0 Å². The number of nitrogens with zero attached hydrogens (tertiary/aromatic N) is 1. The summed E-state index contributed by atoms with van der Waals surface area (Å²) in [5, 5.41) is 3.32. The van der Waals surface area contributed by atoms with Gasteiger partial charge < -0.3 is 5.32 Å². The van der Waals surface area contributed by atoms with E-state index in [4.69, 9.17) is 11.6 Å². The molecule has 0 saturated heterocycles. The number of rotatable bonds is 3. The van der Waals surface area contributed by atoms with E-state index in [-0.39, 0.29) is 28.7 Å². The first-order valence-electron chi connectivity index (χ1n) is 11.1. The van der Waals surface area contributed by atoms with Gasteiger partial charge in [-0.3, -0.25) is 14.4 Å². The van der Waals surface area contributed by atoms with Crippen LogP contribution in [0.3, 0.4) is 0 Å². The molecule has 1 N–H and O–H groups in total. The molecule has 31 heavy (non-hydrogen) atoms. The molecule has 2 aromatic carbocycles. The van der Waals surface area contributed by atoms with Gasteiger partial charge in [0.15, 0.2) is 0 Å². The monoisotopic (exact) mass is 434 g/mol. The third-order valence-electron chi connectivity index (χ3n) is 7.78. The second kappa shape index (κ2) is 6.92. The Kier molecular flexibility index (Phi) is 4.26. The molecule has 0 radical (unpaired) electrons. The quantitative estimate of drug-likeness (QED) is 0.679. The van der Waals surface area contributed by atoms with Crippen molar-refractivity contribution in [1.29, 1.82) is 0 Å². The SMILES string of the molecule is O=C(Nc1ccc(N2C(=O)c3ccccc3C2=O)c(Cl)c1)C1C2CC3CC(C2)CC1C3. The Labute approximate surface area is 185 Å². The average molecular weight is 435 g/mol. The Morgan fingerprint density at radius 1 is 0.871 bits per heavy atom. The molecule has 5 aliphatic rings. The largest absolute Gasteiger partial charge is 0.326 e. The lowest BCUT2D eigenvalue weighted by Crippen LogP contribution is -2.49. The number of fused-ring (bicyclic) bond motifs is 1. The highest BCUT2D eigenvalue weighted by molar-refractivity contribution is 6.40. The number of halogens is 1. The van der Waals surface area contributed by atoms with E-state index in [1.807, 2.05) is 0 Å². The van der Waals surface area contributed by atoms with Crippen molar-refractivity contribution in [2.45, 2.75) is 32.1 Å². The third-order valence-corrected chi connectivity index (χ3v) is 8.08. The molecule has 158 valence electrons. The number of hydrogen-bond acceptors (Lipinski definition) is 3. The van der Waals surface area contributed by atoms with Crippen LogP contribution < -0.4 is 10.2 Å². The zero-order valence-electron chi connectivity index (χ0n) is 17.0. The molecular weight excluding hydrogens is 412 g/mol. The highest BCUT2D eigenvalue weighted by atomic mass is 35.5. The van der Waals surface area contributed by atoms with E-state index in [0.717, 1.165) is 16.7 Å². The molecule has 0 aromatic heterocycles. The molecule has 4 saturated carbocycles. The zero-order chi connectivity index (χ0) is 21.3. The summed E-state index contributed by atoms with van der Waals surface area (Å²) in [4.78, 5) is 39.7. The van der Waals surface area contributed by atoms with Gasteiger partial charge >= 0.3 is 0 Å². The van der Waals surface area contributed by atoms with Gasteiger partial charge in [0.2, 0.25) is 5.91 Å². The molecule has 3 amide bonds. The lowest BCUT2D eigenvalue weighted by molar-refractivity contribution is -0.132. The van der Waals surface area contributed by atoms with Crippen LogP contribution in [0.1, 0.15) is 52.8 Å². The molecule has 0 atom stereocenters. The number of hydrogen-bond donors (Lipinski definition) is 1. The first-order valence-corrected chi connectivity index (χ1v) is 11.5. The number of benzene rings is 2. The Balaban J connectivity index is 1.22. The van der Waals surface area contributed by atoms with Crippen molar-refractivity contribution in [3.05, 3.63) is 58.6 Å². The average Bonchev–Trinajstić information content (AvgIpc) is 2.98. The smallest absolute Gasteiger partial charge is 0.266 e. The van der Waals surface area contributed by atoms with Crippen molar-refractivity contribution in [2.24, 2.45) is 29.6 Å². The number of carbonyl (C=O) groups is 3. The maximum Gasteiger partial charge on any atom is 0.266 e. The molecule has 0 spiro atoms. The summed E-state index contributed by atoms with van der Waals surface area (Å²) in [6.07, 6.45) is 6.10. The van der Waals surface area contributed by atoms with Gasteiger partial charge in [0.25, 0.3) is 11.8 Å². The van der Waals surface area contributed by atoms with Crippen LogP contribution in [0.15, 0.2) is 42.5 Å². The summed E-state index contributed by atoms with van der Waals surface area (Å²) in [5.74, 6) is 2.05. The number of carbonyl (C=O) groups excluding carboxylic acids is 3. The van der Waals surface area contributed by atoms with Crippen LogP contribution in [0.4, 0.5) is 11.4 Å². The minimum atomic E-state index is -0.382. The lowest BCUT2D eigenvalue weighted by atomic mass is 9.51. The fraction of sp³-hybridized carbons (Fsp3) is 0.400. The molecule has 4 bridgehead atoms. The minimum Gasteiger partial charge on any atom is -0.326 e. The topological polar surface area (TPSA) is 66.5 Å². The number of imide groups is 1. The van der Waals surface area contributed by atoms with E-state index in [2.05, 4.69) is 5.32 Å².